The van der Waals surface area contributed by atoms with Gasteiger partial charge < -0.3 is 15.2 Å². The van der Waals surface area contributed by atoms with Gasteiger partial charge in [-0.25, -0.2) is 0 Å². The van der Waals surface area contributed by atoms with Crippen LogP contribution in [0.3, 0.4) is 0 Å². The lowest BCUT2D eigenvalue weighted by Crippen LogP contribution is -2.44. The molecule has 2 aromatic rings. The smallest absolute Gasteiger partial charge is 0.315 e. The number of hydrogen-bond donors (Lipinski definition) is 2. The van der Waals surface area contributed by atoms with Crippen molar-refractivity contribution < 1.29 is 19.4 Å². The number of rotatable bonds is 9. The van der Waals surface area contributed by atoms with Crippen molar-refractivity contribution in [2.24, 2.45) is 0 Å². The van der Waals surface area contributed by atoms with E-state index in [0.717, 1.165) is 0 Å². The Bertz CT molecular complexity index is 750. The van der Waals surface area contributed by atoms with Crippen LogP contribution in [0.15, 0.2) is 54.6 Å². The summed E-state index contributed by atoms with van der Waals surface area (Å²) in [6.45, 7) is 1.98. The number of amides is 1. The maximum Gasteiger partial charge on any atom is 0.315 e. The molecular formula is C20H22ClNO4. The number of carboxylic acid groups (broad SMARTS) is 1. The fraction of sp³-hybridized carbons (Fsp3) is 0.300. The van der Waals surface area contributed by atoms with E-state index in [-0.39, 0.29) is 18.9 Å². The quantitative estimate of drug-likeness (QED) is 0.656. The Kier molecular flexibility index (Phi) is 7.04. The van der Waals surface area contributed by atoms with E-state index in [1.807, 2.05) is 18.2 Å². The number of carbonyl (C=O) groups is 2. The molecule has 0 aliphatic carbocycles. The van der Waals surface area contributed by atoms with Crippen molar-refractivity contribution in [3.8, 4) is 5.75 Å². The van der Waals surface area contributed by atoms with Gasteiger partial charge in [-0.1, -0.05) is 54.1 Å². The highest BCUT2D eigenvalue weighted by Crippen LogP contribution is 2.24. The van der Waals surface area contributed by atoms with Gasteiger partial charge in [-0.2, -0.15) is 0 Å². The molecule has 0 aliphatic heterocycles. The van der Waals surface area contributed by atoms with Crippen molar-refractivity contribution in [1.82, 2.24) is 5.32 Å². The van der Waals surface area contributed by atoms with E-state index in [0.29, 0.717) is 29.4 Å². The Labute approximate surface area is 157 Å². The van der Waals surface area contributed by atoms with Crippen molar-refractivity contribution in [3.05, 3.63) is 65.2 Å². The summed E-state index contributed by atoms with van der Waals surface area (Å²) in [5.41, 5.74) is -0.528. The Morgan fingerprint density at radius 3 is 2.42 bits per heavy atom. The lowest BCUT2D eigenvalue weighted by molar-refractivity contribution is -0.143. The average molecular weight is 376 g/mol. The van der Waals surface area contributed by atoms with E-state index >= 15 is 0 Å². The molecule has 26 heavy (non-hydrogen) atoms. The third-order valence-electron chi connectivity index (χ3n) is 4.16. The number of halogens is 1. The number of aliphatic carboxylic acids is 1. The van der Waals surface area contributed by atoms with E-state index in [9.17, 15) is 14.7 Å². The monoisotopic (exact) mass is 375 g/mol. The third-order valence-corrected chi connectivity index (χ3v) is 4.48. The van der Waals surface area contributed by atoms with Crippen LogP contribution in [0.5, 0.6) is 5.75 Å². The van der Waals surface area contributed by atoms with Gasteiger partial charge in [-0.3, -0.25) is 9.59 Å². The predicted octanol–water partition coefficient (Wildman–Crippen LogP) is 3.66. The van der Waals surface area contributed by atoms with Gasteiger partial charge >= 0.3 is 5.97 Å². The van der Waals surface area contributed by atoms with Gasteiger partial charge in [-0.05, 0) is 31.0 Å². The molecule has 0 spiro atoms. The van der Waals surface area contributed by atoms with Crippen molar-refractivity contribution in [2.45, 2.75) is 25.2 Å². The van der Waals surface area contributed by atoms with Gasteiger partial charge in [0.25, 0.3) is 0 Å². The standard InChI is InChI=1S/C20H22ClNO4/c1-20(19(24)25,15-8-3-2-4-9-15)14-22-18(23)12-7-13-26-17-11-6-5-10-16(17)21/h2-6,8-11H,7,12-14H2,1H3,(H,22,23)(H,24,25). The predicted molar refractivity (Wildman–Crippen MR) is 101 cm³/mol. The van der Waals surface area contributed by atoms with Crippen molar-refractivity contribution >= 4 is 23.5 Å². The summed E-state index contributed by atoms with van der Waals surface area (Å²) in [6, 6.07) is 16.0. The van der Waals surface area contributed by atoms with Gasteiger partial charge in [0.15, 0.2) is 0 Å². The number of benzene rings is 2. The molecule has 5 nitrogen and oxygen atoms in total. The first kappa shape index (κ1) is 19.8. The first-order valence-electron chi connectivity index (χ1n) is 8.36. The van der Waals surface area contributed by atoms with Crippen LogP contribution in [0.4, 0.5) is 0 Å². The minimum atomic E-state index is -1.18. The molecular weight excluding hydrogens is 354 g/mol. The van der Waals surface area contributed by atoms with Crippen LogP contribution in [0, 0.1) is 0 Å². The van der Waals surface area contributed by atoms with Crippen LogP contribution >= 0.6 is 11.6 Å². The first-order chi connectivity index (χ1) is 12.4. The Hall–Kier alpha value is -2.53. The minimum Gasteiger partial charge on any atom is -0.492 e. The molecule has 0 saturated heterocycles. The molecule has 0 bridgehead atoms. The second-order valence-corrected chi connectivity index (χ2v) is 6.57. The summed E-state index contributed by atoms with van der Waals surface area (Å²) in [7, 11) is 0. The SMILES string of the molecule is CC(CNC(=O)CCCOc1ccccc1Cl)(C(=O)O)c1ccccc1. The zero-order valence-corrected chi connectivity index (χ0v) is 15.3. The van der Waals surface area contributed by atoms with Crippen molar-refractivity contribution in [2.75, 3.05) is 13.2 Å². The Balaban J connectivity index is 1.80. The van der Waals surface area contributed by atoms with E-state index in [4.69, 9.17) is 16.3 Å². The summed E-state index contributed by atoms with van der Waals surface area (Å²) in [5.74, 6) is -0.612. The van der Waals surface area contributed by atoms with Gasteiger partial charge in [0, 0.05) is 13.0 Å². The lowest BCUT2D eigenvalue weighted by atomic mass is 9.82. The van der Waals surface area contributed by atoms with Crippen molar-refractivity contribution in [3.63, 3.8) is 0 Å². The summed E-state index contributed by atoms with van der Waals surface area (Å²) in [4.78, 5) is 23.7. The van der Waals surface area contributed by atoms with Crippen LogP contribution in [0.1, 0.15) is 25.3 Å². The van der Waals surface area contributed by atoms with Crippen molar-refractivity contribution in [1.29, 1.82) is 0 Å². The molecule has 2 aromatic carbocycles. The molecule has 2 rings (SSSR count). The molecule has 138 valence electrons. The largest absolute Gasteiger partial charge is 0.492 e. The summed E-state index contributed by atoms with van der Waals surface area (Å²) in [6.07, 6.45) is 0.751. The second kappa shape index (κ2) is 9.25. The van der Waals surface area contributed by atoms with Gasteiger partial charge in [-0.15, -0.1) is 0 Å². The zero-order chi connectivity index (χ0) is 19.0. The van der Waals surface area contributed by atoms with Crippen LogP contribution in [-0.2, 0) is 15.0 Å². The maximum atomic E-state index is 12.0. The summed E-state index contributed by atoms with van der Waals surface area (Å²) in [5, 5.41) is 12.8. The molecule has 0 aliphatic rings. The van der Waals surface area contributed by atoms with Crippen LogP contribution in [0.2, 0.25) is 5.02 Å². The van der Waals surface area contributed by atoms with E-state index in [2.05, 4.69) is 5.32 Å². The molecule has 0 fully saturated rings. The van der Waals surface area contributed by atoms with Crippen LogP contribution in [0.25, 0.3) is 0 Å². The number of carbonyl (C=O) groups excluding carboxylic acids is 1. The second-order valence-electron chi connectivity index (χ2n) is 6.16. The number of carboxylic acids is 1. The molecule has 1 unspecified atom stereocenters. The molecule has 0 radical (unpaired) electrons. The highest BCUT2D eigenvalue weighted by Gasteiger charge is 2.35. The zero-order valence-electron chi connectivity index (χ0n) is 14.6. The third kappa shape index (κ3) is 5.23. The average Bonchev–Trinajstić information content (AvgIpc) is 2.65. The number of ether oxygens (including phenoxy) is 1. The van der Waals surface area contributed by atoms with E-state index < -0.39 is 11.4 Å². The van der Waals surface area contributed by atoms with E-state index in [1.165, 1.54) is 0 Å². The highest BCUT2D eigenvalue weighted by molar-refractivity contribution is 6.32. The fourth-order valence-electron chi connectivity index (χ4n) is 2.45. The number of para-hydroxylation sites is 1. The van der Waals surface area contributed by atoms with Gasteiger partial charge in [0.2, 0.25) is 5.91 Å². The lowest BCUT2D eigenvalue weighted by Gasteiger charge is -2.25. The molecule has 1 amide bonds. The first-order valence-corrected chi connectivity index (χ1v) is 8.74. The summed E-state index contributed by atoms with van der Waals surface area (Å²) >= 11 is 5.99. The van der Waals surface area contributed by atoms with Crippen LogP contribution < -0.4 is 10.1 Å². The minimum absolute atomic E-state index is 0.0244. The van der Waals surface area contributed by atoms with Crippen LogP contribution in [-0.4, -0.2) is 30.1 Å². The molecule has 0 heterocycles. The molecule has 0 aromatic heterocycles. The Morgan fingerprint density at radius 2 is 1.77 bits per heavy atom. The molecule has 0 saturated carbocycles. The topological polar surface area (TPSA) is 75.6 Å². The fourth-order valence-corrected chi connectivity index (χ4v) is 2.64. The molecule has 1 atom stereocenters. The number of hydrogen-bond acceptors (Lipinski definition) is 3. The maximum absolute atomic E-state index is 12.0. The molecule has 6 heteroatoms. The highest BCUT2D eigenvalue weighted by atomic mass is 35.5. The van der Waals surface area contributed by atoms with Gasteiger partial charge in [0.1, 0.15) is 11.2 Å². The Morgan fingerprint density at radius 1 is 1.12 bits per heavy atom. The normalized spacial score (nSPS) is 12.8. The van der Waals surface area contributed by atoms with Gasteiger partial charge in [0.05, 0.1) is 11.6 Å². The summed E-state index contributed by atoms with van der Waals surface area (Å²) < 4.78 is 5.53. The number of nitrogens with one attached hydrogen (secondary N) is 1. The van der Waals surface area contributed by atoms with E-state index in [1.54, 1.807) is 43.3 Å². The molecule has 2 N–H and O–H groups in total.